The average molecular weight is 235 g/mol. The van der Waals surface area contributed by atoms with Crippen molar-refractivity contribution in [2.24, 2.45) is 22.2 Å². The number of carbonyl (C=O) groups is 1. The van der Waals surface area contributed by atoms with Gasteiger partial charge in [-0.25, -0.2) is 0 Å². The topological polar surface area (TPSA) is 49.3 Å². The van der Waals surface area contributed by atoms with Gasteiger partial charge in [0.2, 0.25) is 0 Å². The van der Waals surface area contributed by atoms with Crippen LogP contribution < -0.4 is 5.32 Å². The van der Waals surface area contributed by atoms with Crippen molar-refractivity contribution in [1.82, 2.24) is 5.32 Å². The monoisotopic (exact) mass is 235 g/mol. The lowest BCUT2D eigenvalue weighted by molar-refractivity contribution is -0.234. The predicted octanol–water partition coefficient (Wildman–Crippen LogP) is 2.02. The van der Waals surface area contributed by atoms with Crippen molar-refractivity contribution in [3.63, 3.8) is 0 Å². The Morgan fingerprint density at radius 1 is 1.18 bits per heavy atom. The lowest BCUT2D eigenvalue weighted by atomic mass is 9.31. The number of rotatable bonds is 1. The van der Waals surface area contributed by atoms with Crippen molar-refractivity contribution in [3.8, 4) is 0 Å². The van der Waals surface area contributed by atoms with Gasteiger partial charge in [0.1, 0.15) is 0 Å². The Morgan fingerprint density at radius 2 is 2.00 bits per heavy atom. The van der Waals surface area contributed by atoms with Gasteiger partial charge in [0.25, 0.3) is 0 Å². The van der Waals surface area contributed by atoms with Crippen LogP contribution in [-0.2, 0) is 4.79 Å². The molecule has 3 nitrogen and oxygen atoms in total. The zero-order valence-electron chi connectivity index (χ0n) is 10.3. The van der Waals surface area contributed by atoms with E-state index in [0.29, 0.717) is 17.4 Å². The fourth-order valence-corrected chi connectivity index (χ4v) is 6.10. The highest BCUT2D eigenvalue weighted by molar-refractivity contribution is 5.72. The van der Waals surface area contributed by atoms with E-state index in [1.165, 1.54) is 38.5 Å². The molecule has 5 saturated carbocycles. The highest BCUT2D eigenvalue weighted by atomic mass is 16.4. The van der Waals surface area contributed by atoms with Gasteiger partial charge in [-0.15, -0.1) is 0 Å². The minimum absolute atomic E-state index is 0.0982. The van der Waals surface area contributed by atoms with Crippen molar-refractivity contribution in [2.45, 2.75) is 44.9 Å². The molecular weight excluding hydrogens is 214 g/mol. The number of nitrogens with one attached hydrogen (secondary N) is 1. The summed E-state index contributed by atoms with van der Waals surface area (Å²) in [5, 5.41) is 12.9. The van der Waals surface area contributed by atoms with E-state index in [-0.39, 0.29) is 11.3 Å². The van der Waals surface area contributed by atoms with Gasteiger partial charge in [-0.2, -0.15) is 0 Å². The molecule has 0 aromatic heterocycles. The summed E-state index contributed by atoms with van der Waals surface area (Å²) in [5.41, 5.74) is 1.15. The number of fused-ring (bicyclic) bond motifs is 3. The normalized spacial score (nSPS) is 55.6. The Labute approximate surface area is 102 Å². The van der Waals surface area contributed by atoms with Gasteiger partial charge < -0.3 is 10.4 Å². The molecule has 6 rings (SSSR count). The highest BCUT2D eigenvalue weighted by Crippen LogP contribution is 2.78. The highest BCUT2D eigenvalue weighted by Gasteiger charge is 2.72. The maximum Gasteiger partial charge on any atom is 0.308 e. The van der Waals surface area contributed by atoms with E-state index in [0.717, 1.165) is 13.0 Å². The zero-order valence-corrected chi connectivity index (χ0v) is 10.3. The average Bonchev–Trinajstić information content (AvgIpc) is 2.69. The lowest BCUT2D eigenvalue weighted by Crippen LogP contribution is -2.66. The standard InChI is InChI=1S/C14H21NO2/c16-11(17)10-6-15-9-14(10)5-4-12-2-1-3-13(14,7-12)8-12/h10,15H,1-9H2,(H,16,17). The number of hydrogen-bond donors (Lipinski definition) is 2. The number of carboxylic acids is 1. The van der Waals surface area contributed by atoms with E-state index in [1.54, 1.807) is 0 Å². The molecular formula is C14H21NO2. The van der Waals surface area contributed by atoms with Crippen LogP contribution in [0, 0.1) is 22.2 Å². The smallest absolute Gasteiger partial charge is 0.308 e. The molecule has 94 valence electrons. The van der Waals surface area contributed by atoms with Gasteiger partial charge >= 0.3 is 5.97 Å². The van der Waals surface area contributed by atoms with Crippen molar-refractivity contribution >= 4 is 5.97 Å². The minimum Gasteiger partial charge on any atom is -0.481 e. The van der Waals surface area contributed by atoms with Crippen LogP contribution >= 0.6 is 0 Å². The van der Waals surface area contributed by atoms with Crippen LogP contribution in [0.2, 0.25) is 0 Å². The van der Waals surface area contributed by atoms with Crippen LogP contribution in [0.15, 0.2) is 0 Å². The molecule has 2 atom stereocenters. The van der Waals surface area contributed by atoms with Gasteiger partial charge in [-0.3, -0.25) is 4.79 Å². The van der Waals surface area contributed by atoms with Crippen molar-refractivity contribution in [2.75, 3.05) is 13.1 Å². The summed E-state index contributed by atoms with van der Waals surface area (Å²) in [6, 6.07) is 0. The molecule has 2 N–H and O–H groups in total. The number of aliphatic carboxylic acids is 1. The third-order valence-corrected chi connectivity index (χ3v) is 6.70. The van der Waals surface area contributed by atoms with Gasteiger partial charge in [0, 0.05) is 18.5 Å². The quantitative estimate of drug-likeness (QED) is 0.731. The SMILES string of the molecule is O=C(O)C1CNCC12CCC13CCCC2(C1)C3. The van der Waals surface area contributed by atoms with Gasteiger partial charge in [-0.1, -0.05) is 6.42 Å². The summed E-state index contributed by atoms with van der Waals surface area (Å²) in [4.78, 5) is 11.6. The molecule has 2 bridgehead atoms. The number of hydrogen-bond acceptors (Lipinski definition) is 2. The third-order valence-electron chi connectivity index (χ3n) is 6.70. The Morgan fingerprint density at radius 3 is 2.76 bits per heavy atom. The Kier molecular flexibility index (Phi) is 1.75. The van der Waals surface area contributed by atoms with E-state index in [1.807, 2.05) is 0 Å². The zero-order chi connectivity index (χ0) is 11.7. The number of carboxylic acid groups (broad SMARTS) is 1. The van der Waals surface area contributed by atoms with Gasteiger partial charge in [-0.05, 0) is 49.4 Å². The fourth-order valence-electron chi connectivity index (χ4n) is 6.10. The first-order chi connectivity index (χ1) is 8.12. The summed E-state index contributed by atoms with van der Waals surface area (Å²) in [6.07, 6.45) is 9.18. The first-order valence-electron chi connectivity index (χ1n) is 7.05. The predicted molar refractivity (Wildman–Crippen MR) is 63.6 cm³/mol. The molecule has 1 aliphatic heterocycles. The second-order valence-corrected chi connectivity index (χ2v) is 7.17. The van der Waals surface area contributed by atoms with Crippen LogP contribution in [-0.4, -0.2) is 24.2 Å². The Balaban J connectivity index is 1.76. The first-order valence-corrected chi connectivity index (χ1v) is 7.05. The summed E-state index contributed by atoms with van der Waals surface area (Å²) >= 11 is 0. The van der Waals surface area contributed by atoms with Crippen LogP contribution in [0.3, 0.4) is 0 Å². The molecule has 6 fully saturated rings. The molecule has 3 heteroatoms. The molecule has 1 saturated heterocycles. The third kappa shape index (κ3) is 1.01. The second-order valence-electron chi connectivity index (χ2n) is 7.17. The first kappa shape index (κ1) is 10.4. The van der Waals surface area contributed by atoms with E-state index in [4.69, 9.17) is 0 Å². The molecule has 0 radical (unpaired) electrons. The van der Waals surface area contributed by atoms with E-state index in [2.05, 4.69) is 5.32 Å². The molecule has 6 aliphatic rings. The molecule has 17 heavy (non-hydrogen) atoms. The molecule has 2 unspecified atom stereocenters. The molecule has 0 aromatic carbocycles. The maximum absolute atomic E-state index is 11.6. The largest absolute Gasteiger partial charge is 0.481 e. The maximum atomic E-state index is 11.6. The van der Waals surface area contributed by atoms with E-state index < -0.39 is 5.97 Å². The summed E-state index contributed by atoms with van der Waals surface area (Å²) in [6.45, 7) is 1.66. The van der Waals surface area contributed by atoms with Crippen LogP contribution in [0.4, 0.5) is 0 Å². The molecule has 1 heterocycles. The van der Waals surface area contributed by atoms with E-state index >= 15 is 0 Å². The van der Waals surface area contributed by atoms with Crippen molar-refractivity contribution in [1.29, 1.82) is 0 Å². The summed E-state index contributed by atoms with van der Waals surface area (Å²) in [7, 11) is 0. The van der Waals surface area contributed by atoms with Crippen LogP contribution in [0.5, 0.6) is 0 Å². The summed E-state index contributed by atoms with van der Waals surface area (Å²) in [5.74, 6) is -0.687. The van der Waals surface area contributed by atoms with Crippen LogP contribution in [0.25, 0.3) is 0 Å². The minimum atomic E-state index is -0.561. The van der Waals surface area contributed by atoms with E-state index in [9.17, 15) is 9.90 Å². The van der Waals surface area contributed by atoms with Gasteiger partial charge in [0.05, 0.1) is 5.92 Å². The molecule has 0 aromatic rings. The molecule has 0 amide bonds. The fraction of sp³-hybridized carbons (Fsp3) is 0.929. The lowest BCUT2D eigenvalue weighted by Gasteiger charge is -2.73. The van der Waals surface area contributed by atoms with Crippen molar-refractivity contribution in [3.05, 3.63) is 0 Å². The van der Waals surface area contributed by atoms with Crippen molar-refractivity contribution < 1.29 is 9.90 Å². The Hall–Kier alpha value is -0.570. The van der Waals surface area contributed by atoms with Crippen LogP contribution in [0.1, 0.15) is 44.9 Å². The molecule has 1 spiro atoms. The molecule has 5 aliphatic carbocycles. The van der Waals surface area contributed by atoms with Gasteiger partial charge in [0.15, 0.2) is 0 Å². The summed E-state index contributed by atoms with van der Waals surface area (Å²) < 4.78 is 0. The second kappa shape index (κ2) is 2.87. The Bertz CT molecular complexity index is 386.